The molecule has 29 heavy (non-hydrogen) atoms. The smallest absolute Gasteiger partial charge is 0.261 e. The number of hydrogen-bond donors (Lipinski definition) is 1. The first-order valence-electron chi connectivity index (χ1n) is 9.65. The number of benzene rings is 1. The fourth-order valence-electron chi connectivity index (χ4n) is 3.86. The summed E-state index contributed by atoms with van der Waals surface area (Å²) in [4.78, 5) is 8.52. The van der Waals surface area contributed by atoms with E-state index in [9.17, 15) is 13.7 Å². The Hall–Kier alpha value is -2.79. The lowest BCUT2D eigenvalue weighted by Crippen LogP contribution is -2.39. The summed E-state index contributed by atoms with van der Waals surface area (Å²) in [5, 5.41) is 9.33. The Balaban J connectivity index is 1.78. The molecule has 2 aromatic rings. The fraction of sp³-hybridized carbons (Fsp3) is 0.429. The maximum absolute atomic E-state index is 12.8. The highest BCUT2D eigenvalue weighted by molar-refractivity contribution is 7.92. The predicted octanol–water partition coefficient (Wildman–Crippen LogP) is 3.30. The zero-order valence-corrected chi connectivity index (χ0v) is 18.1. The number of nitrogens with one attached hydrogen (secondary N) is 1. The van der Waals surface area contributed by atoms with Gasteiger partial charge in [0.05, 0.1) is 28.0 Å². The monoisotopic (exact) mass is 413 g/mol. The van der Waals surface area contributed by atoms with Gasteiger partial charge in [-0.05, 0) is 48.6 Å². The Labute approximate surface area is 173 Å². The average molecular weight is 414 g/mol. The summed E-state index contributed by atoms with van der Waals surface area (Å²) in [7, 11) is -0.206. The number of pyridine rings is 1. The number of piperidine rings is 1. The molecule has 0 amide bonds. The Morgan fingerprint density at radius 3 is 2.41 bits per heavy atom. The van der Waals surface area contributed by atoms with Gasteiger partial charge in [-0.3, -0.25) is 4.72 Å². The molecule has 7 nitrogen and oxygen atoms in total. The number of rotatable bonds is 5. The summed E-state index contributed by atoms with van der Waals surface area (Å²) < 4.78 is 28.1. The van der Waals surface area contributed by atoms with Crippen LogP contribution in [-0.4, -0.2) is 40.6 Å². The van der Waals surface area contributed by atoms with E-state index in [1.807, 2.05) is 6.07 Å². The number of nitriles is 1. The van der Waals surface area contributed by atoms with Crippen LogP contribution in [0.4, 0.5) is 17.2 Å². The van der Waals surface area contributed by atoms with E-state index in [1.54, 1.807) is 31.1 Å². The highest BCUT2D eigenvalue weighted by Crippen LogP contribution is 2.27. The quantitative estimate of drug-likeness (QED) is 0.809. The second-order valence-corrected chi connectivity index (χ2v) is 9.73. The molecule has 0 unspecified atom stereocenters. The molecule has 1 aromatic heterocycles. The average Bonchev–Trinajstić information content (AvgIpc) is 2.67. The molecule has 0 bridgehead atoms. The number of sulfonamides is 1. The van der Waals surface area contributed by atoms with Gasteiger partial charge in [0.2, 0.25) is 0 Å². The van der Waals surface area contributed by atoms with Crippen LogP contribution in [0.15, 0.2) is 41.4 Å². The molecule has 3 rings (SSSR count). The van der Waals surface area contributed by atoms with Crippen molar-refractivity contribution in [2.75, 3.05) is 41.7 Å². The lowest BCUT2D eigenvalue weighted by molar-refractivity contribution is 0.355. The van der Waals surface area contributed by atoms with Crippen molar-refractivity contribution in [2.24, 2.45) is 11.8 Å². The zero-order chi connectivity index (χ0) is 21.2. The second-order valence-electron chi connectivity index (χ2n) is 8.05. The maximum Gasteiger partial charge on any atom is 0.261 e. The van der Waals surface area contributed by atoms with Crippen LogP contribution in [0.25, 0.3) is 0 Å². The van der Waals surface area contributed by atoms with Crippen molar-refractivity contribution in [3.8, 4) is 6.07 Å². The maximum atomic E-state index is 12.8. The van der Waals surface area contributed by atoms with Crippen molar-refractivity contribution in [1.82, 2.24) is 4.98 Å². The molecular weight excluding hydrogens is 386 g/mol. The fourth-order valence-corrected chi connectivity index (χ4v) is 4.93. The van der Waals surface area contributed by atoms with Crippen molar-refractivity contribution < 1.29 is 8.42 Å². The van der Waals surface area contributed by atoms with Crippen LogP contribution in [0, 0.1) is 23.2 Å². The van der Waals surface area contributed by atoms with Gasteiger partial charge in [0, 0.05) is 27.2 Å². The van der Waals surface area contributed by atoms with Gasteiger partial charge in [0.1, 0.15) is 11.9 Å². The van der Waals surface area contributed by atoms with Crippen LogP contribution in [0.2, 0.25) is 0 Å². The summed E-state index contributed by atoms with van der Waals surface area (Å²) >= 11 is 0. The number of anilines is 3. The summed E-state index contributed by atoms with van der Waals surface area (Å²) in [5.41, 5.74) is 1.36. The van der Waals surface area contributed by atoms with Crippen LogP contribution in [0.5, 0.6) is 0 Å². The minimum Gasteiger partial charge on any atom is -0.377 e. The van der Waals surface area contributed by atoms with Gasteiger partial charge in [0.15, 0.2) is 0 Å². The van der Waals surface area contributed by atoms with Crippen molar-refractivity contribution in [1.29, 1.82) is 5.26 Å². The molecule has 0 radical (unpaired) electrons. The molecule has 0 saturated carbocycles. The van der Waals surface area contributed by atoms with Crippen molar-refractivity contribution in [3.63, 3.8) is 0 Å². The lowest BCUT2D eigenvalue weighted by Gasteiger charge is -2.35. The minimum atomic E-state index is -3.82. The summed E-state index contributed by atoms with van der Waals surface area (Å²) in [6, 6.07) is 10.1. The van der Waals surface area contributed by atoms with E-state index in [0.717, 1.165) is 18.9 Å². The molecular formula is C21H27N5O2S. The Morgan fingerprint density at radius 2 is 1.86 bits per heavy atom. The van der Waals surface area contributed by atoms with Crippen LogP contribution >= 0.6 is 0 Å². The van der Waals surface area contributed by atoms with Gasteiger partial charge in [-0.2, -0.15) is 5.26 Å². The summed E-state index contributed by atoms with van der Waals surface area (Å²) in [6.45, 7) is 6.39. The van der Waals surface area contributed by atoms with Crippen molar-refractivity contribution >= 4 is 27.2 Å². The van der Waals surface area contributed by atoms with E-state index < -0.39 is 10.0 Å². The van der Waals surface area contributed by atoms with E-state index in [0.29, 0.717) is 28.8 Å². The molecule has 1 aliphatic heterocycles. The van der Waals surface area contributed by atoms with Crippen LogP contribution in [0.1, 0.15) is 25.8 Å². The Bertz CT molecular complexity index is 1000. The Kier molecular flexibility index (Phi) is 5.99. The predicted molar refractivity (Wildman–Crippen MR) is 116 cm³/mol. The third kappa shape index (κ3) is 4.80. The Morgan fingerprint density at radius 1 is 1.17 bits per heavy atom. The first-order valence-corrected chi connectivity index (χ1v) is 11.1. The van der Waals surface area contributed by atoms with Gasteiger partial charge < -0.3 is 9.80 Å². The van der Waals surface area contributed by atoms with E-state index in [-0.39, 0.29) is 4.90 Å². The molecule has 1 N–H and O–H groups in total. The minimum absolute atomic E-state index is 0.0439. The van der Waals surface area contributed by atoms with E-state index in [4.69, 9.17) is 0 Å². The second kappa shape index (κ2) is 8.29. The molecule has 1 fully saturated rings. The van der Waals surface area contributed by atoms with Crippen LogP contribution in [0.3, 0.4) is 0 Å². The molecule has 1 aromatic carbocycles. The van der Waals surface area contributed by atoms with E-state index >= 15 is 0 Å². The number of hydrogen-bond acceptors (Lipinski definition) is 6. The normalized spacial score (nSPS) is 19.5. The third-order valence-corrected chi connectivity index (χ3v) is 6.45. The number of aromatic nitrogens is 1. The van der Waals surface area contributed by atoms with Crippen LogP contribution in [-0.2, 0) is 10.0 Å². The van der Waals surface area contributed by atoms with Gasteiger partial charge in [-0.15, -0.1) is 0 Å². The molecule has 2 atom stereocenters. The van der Waals surface area contributed by atoms with Gasteiger partial charge >= 0.3 is 0 Å². The summed E-state index contributed by atoms with van der Waals surface area (Å²) in [6.07, 6.45) is 2.75. The highest BCUT2D eigenvalue weighted by atomic mass is 32.2. The SMILES string of the molecule is C[C@H]1C[C@H](C)CN(c2ccc(NS(=O)(=O)c3ccc(N(C)C)c(C#N)c3)cn2)C1. The molecule has 154 valence electrons. The molecule has 0 aliphatic carbocycles. The summed E-state index contributed by atoms with van der Waals surface area (Å²) in [5.74, 6) is 2.07. The first kappa shape index (κ1) is 20.9. The van der Waals surface area contributed by atoms with E-state index in [2.05, 4.69) is 34.5 Å². The van der Waals surface area contributed by atoms with Gasteiger partial charge in [-0.25, -0.2) is 13.4 Å². The largest absolute Gasteiger partial charge is 0.377 e. The first-order chi connectivity index (χ1) is 13.7. The molecule has 8 heteroatoms. The zero-order valence-electron chi connectivity index (χ0n) is 17.3. The van der Waals surface area contributed by atoms with E-state index in [1.165, 1.54) is 24.8 Å². The molecule has 0 spiro atoms. The van der Waals surface area contributed by atoms with Crippen molar-refractivity contribution in [3.05, 3.63) is 42.1 Å². The lowest BCUT2D eigenvalue weighted by atomic mass is 9.92. The van der Waals surface area contributed by atoms with Crippen LogP contribution < -0.4 is 14.5 Å². The highest BCUT2D eigenvalue weighted by Gasteiger charge is 2.23. The van der Waals surface area contributed by atoms with Gasteiger partial charge in [-0.1, -0.05) is 13.8 Å². The topological polar surface area (TPSA) is 89.3 Å². The number of nitrogens with zero attached hydrogens (tertiary/aromatic N) is 4. The standard InChI is InChI=1S/C21H27N5O2S/c1-15-9-16(2)14-26(13-15)21-8-5-18(12-23-21)24-29(27,28)19-6-7-20(25(3)4)17(10-19)11-22/h5-8,10,12,15-16,24H,9,13-14H2,1-4H3/t15-,16-/m0/s1. The molecule has 2 heterocycles. The molecule has 1 saturated heterocycles. The molecule has 1 aliphatic rings. The van der Waals surface area contributed by atoms with Crippen molar-refractivity contribution in [2.45, 2.75) is 25.2 Å². The third-order valence-electron chi connectivity index (χ3n) is 5.07. The van der Waals surface area contributed by atoms with Gasteiger partial charge in [0.25, 0.3) is 10.0 Å².